The van der Waals surface area contributed by atoms with Crippen LogP contribution in [0.15, 0.2) is 12.3 Å². The standard InChI is InChI=1S/C14H19N3O2/c1-4-6-12-16-10-7-9(3)8-15-13(10)17(12)11(5-2)14(18)19/h7-8,11H,4-6H2,1-3H3,(H,18,19). The smallest absolute Gasteiger partial charge is 0.326 e. The van der Waals surface area contributed by atoms with E-state index in [9.17, 15) is 9.90 Å². The Balaban J connectivity index is 2.67. The summed E-state index contributed by atoms with van der Waals surface area (Å²) in [5.74, 6) is -0.0219. The third kappa shape index (κ3) is 2.45. The number of hydrogen-bond donors (Lipinski definition) is 1. The van der Waals surface area contributed by atoms with Crippen molar-refractivity contribution in [3.05, 3.63) is 23.7 Å². The van der Waals surface area contributed by atoms with Gasteiger partial charge in [0.15, 0.2) is 5.65 Å². The van der Waals surface area contributed by atoms with Gasteiger partial charge in [0.2, 0.25) is 0 Å². The van der Waals surface area contributed by atoms with Crippen LogP contribution in [0, 0.1) is 6.92 Å². The van der Waals surface area contributed by atoms with Gasteiger partial charge in [0, 0.05) is 12.6 Å². The van der Waals surface area contributed by atoms with Gasteiger partial charge in [-0.05, 0) is 31.4 Å². The van der Waals surface area contributed by atoms with Crippen molar-refractivity contribution in [2.75, 3.05) is 0 Å². The van der Waals surface area contributed by atoms with Crippen LogP contribution >= 0.6 is 0 Å². The second kappa shape index (κ2) is 5.38. The molecule has 0 radical (unpaired) electrons. The van der Waals surface area contributed by atoms with Gasteiger partial charge in [0.1, 0.15) is 17.4 Å². The van der Waals surface area contributed by atoms with Gasteiger partial charge in [-0.3, -0.25) is 4.57 Å². The Morgan fingerprint density at radius 1 is 1.47 bits per heavy atom. The number of aryl methyl sites for hydroxylation is 2. The van der Waals surface area contributed by atoms with Crippen molar-refractivity contribution in [3.63, 3.8) is 0 Å². The van der Waals surface area contributed by atoms with Crippen LogP contribution < -0.4 is 0 Å². The largest absolute Gasteiger partial charge is 0.480 e. The molecule has 2 aromatic rings. The van der Waals surface area contributed by atoms with E-state index in [4.69, 9.17) is 0 Å². The summed E-state index contributed by atoms with van der Waals surface area (Å²) in [7, 11) is 0. The lowest BCUT2D eigenvalue weighted by atomic mass is 10.2. The van der Waals surface area contributed by atoms with Crippen molar-refractivity contribution in [2.45, 2.75) is 46.1 Å². The zero-order valence-electron chi connectivity index (χ0n) is 11.6. The molecule has 5 nitrogen and oxygen atoms in total. The summed E-state index contributed by atoms with van der Waals surface area (Å²) >= 11 is 0. The molecule has 0 fully saturated rings. The Labute approximate surface area is 112 Å². The van der Waals surface area contributed by atoms with Gasteiger partial charge in [-0.25, -0.2) is 14.8 Å². The summed E-state index contributed by atoms with van der Waals surface area (Å²) in [5.41, 5.74) is 2.48. The van der Waals surface area contributed by atoms with Crippen LogP contribution in [-0.4, -0.2) is 25.6 Å². The number of aromatic nitrogens is 3. The van der Waals surface area contributed by atoms with Gasteiger partial charge in [-0.15, -0.1) is 0 Å². The maximum absolute atomic E-state index is 11.4. The van der Waals surface area contributed by atoms with E-state index in [1.54, 1.807) is 10.8 Å². The summed E-state index contributed by atoms with van der Waals surface area (Å²) < 4.78 is 1.78. The van der Waals surface area contributed by atoms with E-state index in [-0.39, 0.29) is 0 Å². The number of nitrogens with zero attached hydrogens (tertiary/aromatic N) is 3. The van der Waals surface area contributed by atoms with Crippen molar-refractivity contribution < 1.29 is 9.90 Å². The Morgan fingerprint density at radius 3 is 2.79 bits per heavy atom. The molecule has 0 aliphatic rings. The minimum Gasteiger partial charge on any atom is -0.480 e. The van der Waals surface area contributed by atoms with Gasteiger partial charge in [0.05, 0.1) is 0 Å². The van der Waals surface area contributed by atoms with E-state index >= 15 is 0 Å². The summed E-state index contributed by atoms with van der Waals surface area (Å²) in [6, 6.07) is 1.36. The minimum atomic E-state index is -0.832. The number of carboxylic acids is 1. The first-order chi connectivity index (χ1) is 9.08. The number of carbonyl (C=O) groups is 1. The lowest BCUT2D eigenvalue weighted by Crippen LogP contribution is -2.20. The third-order valence-electron chi connectivity index (χ3n) is 3.20. The van der Waals surface area contributed by atoms with E-state index in [2.05, 4.69) is 16.9 Å². The van der Waals surface area contributed by atoms with Crippen LogP contribution in [-0.2, 0) is 11.2 Å². The van der Waals surface area contributed by atoms with Crippen LogP contribution in [0.3, 0.4) is 0 Å². The second-order valence-corrected chi connectivity index (χ2v) is 4.77. The first-order valence-electron chi connectivity index (χ1n) is 6.64. The van der Waals surface area contributed by atoms with E-state index in [0.29, 0.717) is 12.1 Å². The van der Waals surface area contributed by atoms with E-state index in [1.165, 1.54) is 0 Å². The Kier molecular flexibility index (Phi) is 3.83. The second-order valence-electron chi connectivity index (χ2n) is 4.77. The molecule has 0 aliphatic heterocycles. The minimum absolute atomic E-state index is 0.521. The van der Waals surface area contributed by atoms with E-state index in [0.717, 1.165) is 29.7 Å². The first kappa shape index (κ1) is 13.5. The Morgan fingerprint density at radius 2 is 2.21 bits per heavy atom. The lowest BCUT2D eigenvalue weighted by Gasteiger charge is -2.15. The zero-order chi connectivity index (χ0) is 14.0. The number of imidazole rings is 1. The van der Waals surface area contributed by atoms with E-state index < -0.39 is 12.0 Å². The highest BCUT2D eigenvalue weighted by atomic mass is 16.4. The summed E-state index contributed by atoms with van der Waals surface area (Å²) in [6.45, 7) is 5.89. The molecule has 0 aliphatic carbocycles. The summed E-state index contributed by atoms with van der Waals surface area (Å²) in [5, 5.41) is 9.38. The average Bonchev–Trinajstić information content (AvgIpc) is 2.68. The molecule has 2 heterocycles. The molecule has 1 unspecified atom stereocenters. The highest BCUT2D eigenvalue weighted by Gasteiger charge is 2.23. The zero-order valence-corrected chi connectivity index (χ0v) is 11.6. The maximum Gasteiger partial charge on any atom is 0.326 e. The Bertz CT molecular complexity index is 604. The number of aliphatic carboxylic acids is 1. The fourth-order valence-electron chi connectivity index (χ4n) is 2.32. The maximum atomic E-state index is 11.4. The molecule has 102 valence electrons. The molecule has 0 amide bonds. The number of pyridine rings is 1. The van der Waals surface area contributed by atoms with Crippen LogP contribution in [0.5, 0.6) is 0 Å². The molecule has 0 saturated heterocycles. The third-order valence-corrected chi connectivity index (χ3v) is 3.20. The monoisotopic (exact) mass is 261 g/mol. The van der Waals surface area contributed by atoms with Gasteiger partial charge in [-0.2, -0.15) is 0 Å². The molecule has 5 heteroatoms. The molecule has 1 atom stereocenters. The molecule has 1 N–H and O–H groups in total. The molecule has 0 aromatic carbocycles. The SMILES string of the molecule is CCCc1nc2cc(C)cnc2n1C(CC)C(=O)O. The molecule has 19 heavy (non-hydrogen) atoms. The van der Waals surface area contributed by atoms with Crippen molar-refractivity contribution in [2.24, 2.45) is 0 Å². The number of rotatable bonds is 5. The number of carboxylic acid groups (broad SMARTS) is 1. The molecule has 2 rings (SSSR count). The highest BCUT2D eigenvalue weighted by molar-refractivity contribution is 5.78. The van der Waals surface area contributed by atoms with E-state index in [1.807, 2.05) is 19.9 Å². The van der Waals surface area contributed by atoms with Gasteiger partial charge in [-0.1, -0.05) is 13.8 Å². The molecule has 0 spiro atoms. The quantitative estimate of drug-likeness (QED) is 0.898. The lowest BCUT2D eigenvalue weighted by molar-refractivity contribution is -0.141. The molecule has 0 bridgehead atoms. The first-order valence-corrected chi connectivity index (χ1v) is 6.64. The normalized spacial score (nSPS) is 12.8. The van der Waals surface area contributed by atoms with Crippen molar-refractivity contribution in [3.8, 4) is 0 Å². The molecule has 2 aromatic heterocycles. The molecule has 0 saturated carbocycles. The number of fused-ring (bicyclic) bond motifs is 1. The van der Waals surface area contributed by atoms with Gasteiger partial charge in [0.25, 0.3) is 0 Å². The Hall–Kier alpha value is -1.91. The highest BCUT2D eigenvalue weighted by Crippen LogP contribution is 2.23. The van der Waals surface area contributed by atoms with Crippen LogP contribution in [0.2, 0.25) is 0 Å². The summed E-state index contributed by atoms with van der Waals surface area (Å²) in [4.78, 5) is 20.3. The fraction of sp³-hybridized carbons (Fsp3) is 0.500. The fourth-order valence-corrected chi connectivity index (χ4v) is 2.32. The van der Waals surface area contributed by atoms with Gasteiger partial charge >= 0.3 is 5.97 Å². The van der Waals surface area contributed by atoms with Crippen molar-refractivity contribution in [1.29, 1.82) is 0 Å². The van der Waals surface area contributed by atoms with Crippen LogP contribution in [0.4, 0.5) is 0 Å². The average molecular weight is 261 g/mol. The topological polar surface area (TPSA) is 68.0 Å². The molecular weight excluding hydrogens is 242 g/mol. The van der Waals surface area contributed by atoms with Crippen LogP contribution in [0.25, 0.3) is 11.2 Å². The number of hydrogen-bond acceptors (Lipinski definition) is 3. The van der Waals surface area contributed by atoms with Gasteiger partial charge < -0.3 is 5.11 Å². The van der Waals surface area contributed by atoms with Crippen molar-refractivity contribution >= 4 is 17.1 Å². The predicted octanol–water partition coefficient (Wildman–Crippen LogP) is 2.73. The predicted molar refractivity (Wildman–Crippen MR) is 73.2 cm³/mol. The van der Waals surface area contributed by atoms with Crippen molar-refractivity contribution in [1.82, 2.24) is 14.5 Å². The van der Waals surface area contributed by atoms with Crippen LogP contribution in [0.1, 0.15) is 44.1 Å². The molecular formula is C14H19N3O2. The summed E-state index contributed by atoms with van der Waals surface area (Å²) in [6.07, 6.45) is 3.97.